The van der Waals surface area contributed by atoms with E-state index in [1.165, 1.54) is 69.6 Å². The maximum atomic E-state index is 12.8. The van der Waals surface area contributed by atoms with E-state index in [4.69, 9.17) is 21.1 Å². The highest BCUT2D eigenvalue weighted by Gasteiger charge is 2.20. The topological polar surface area (TPSA) is 77.0 Å². The van der Waals surface area contributed by atoms with Crippen molar-refractivity contribution in [3.05, 3.63) is 57.9 Å². The van der Waals surface area contributed by atoms with Gasteiger partial charge in [0.2, 0.25) is 5.91 Å². The van der Waals surface area contributed by atoms with Gasteiger partial charge >= 0.3 is 5.97 Å². The number of hydrogen-bond donors (Lipinski definition) is 1. The van der Waals surface area contributed by atoms with Gasteiger partial charge in [-0.1, -0.05) is 88.1 Å². The SMILES string of the molecule is CCCCCCCCCCCC(=O)NN=Cc1ccc(OC(=O)c2sc3ccccc3c2Cl)c(OC)c1. The van der Waals surface area contributed by atoms with Gasteiger partial charge in [-0.25, -0.2) is 10.2 Å². The molecule has 0 saturated heterocycles. The Kier molecular flexibility index (Phi) is 11.9. The number of nitrogens with one attached hydrogen (secondary N) is 1. The zero-order chi connectivity index (χ0) is 26.5. The van der Waals surface area contributed by atoms with E-state index in [1.54, 1.807) is 18.2 Å². The molecule has 0 aliphatic carbocycles. The van der Waals surface area contributed by atoms with Gasteiger partial charge in [-0.2, -0.15) is 5.10 Å². The standard InChI is InChI=1S/C29H35ClN2O4S/c1-3-4-5-6-7-8-9-10-11-16-26(33)32-31-20-21-17-18-23(24(19-21)35-2)36-29(34)28-27(30)22-14-12-13-15-25(22)37-28/h12-15,17-20H,3-11,16H2,1-2H3,(H,32,33). The zero-order valence-electron chi connectivity index (χ0n) is 21.6. The van der Waals surface area contributed by atoms with Crippen molar-refractivity contribution in [2.45, 2.75) is 71.1 Å². The van der Waals surface area contributed by atoms with Crippen molar-refractivity contribution >= 4 is 51.1 Å². The molecule has 37 heavy (non-hydrogen) atoms. The van der Waals surface area contributed by atoms with E-state index >= 15 is 0 Å². The molecule has 1 amide bonds. The monoisotopic (exact) mass is 542 g/mol. The van der Waals surface area contributed by atoms with Gasteiger partial charge in [0, 0.05) is 16.5 Å². The third-order valence-electron chi connectivity index (χ3n) is 6.02. The number of ether oxygens (including phenoxy) is 2. The second kappa shape index (κ2) is 15.4. The average Bonchev–Trinajstić information content (AvgIpc) is 3.25. The number of halogens is 1. The van der Waals surface area contributed by atoms with Crippen molar-refractivity contribution in [2.75, 3.05) is 7.11 Å². The summed E-state index contributed by atoms with van der Waals surface area (Å²) in [5.41, 5.74) is 3.27. The second-order valence-corrected chi connectivity index (χ2v) is 10.3. The number of carbonyl (C=O) groups is 2. The van der Waals surface area contributed by atoms with Gasteiger partial charge < -0.3 is 9.47 Å². The summed E-state index contributed by atoms with van der Waals surface area (Å²) in [6.45, 7) is 2.23. The second-order valence-electron chi connectivity index (χ2n) is 8.91. The molecule has 0 aliphatic heterocycles. The van der Waals surface area contributed by atoms with Gasteiger partial charge in [0.05, 0.1) is 18.3 Å². The molecule has 0 aliphatic rings. The van der Waals surface area contributed by atoms with Crippen molar-refractivity contribution in [1.82, 2.24) is 5.43 Å². The fourth-order valence-electron chi connectivity index (χ4n) is 3.97. The van der Waals surface area contributed by atoms with Crippen LogP contribution in [0.15, 0.2) is 47.6 Å². The van der Waals surface area contributed by atoms with Crippen LogP contribution >= 0.6 is 22.9 Å². The Morgan fingerprint density at radius 2 is 1.68 bits per heavy atom. The number of rotatable bonds is 15. The number of nitrogens with zero attached hydrogens (tertiary/aromatic N) is 1. The molecule has 0 atom stereocenters. The van der Waals surface area contributed by atoms with Crippen LogP contribution in [0.25, 0.3) is 10.1 Å². The molecule has 8 heteroatoms. The Hall–Kier alpha value is -2.90. The summed E-state index contributed by atoms with van der Waals surface area (Å²) >= 11 is 7.69. The average molecular weight is 543 g/mol. The van der Waals surface area contributed by atoms with Crippen molar-refractivity contribution in [2.24, 2.45) is 5.10 Å². The van der Waals surface area contributed by atoms with E-state index in [0.717, 1.165) is 22.9 Å². The molecule has 6 nitrogen and oxygen atoms in total. The normalized spacial score (nSPS) is 11.2. The first kappa shape index (κ1) is 28.7. The molecule has 0 saturated carbocycles. The fourth-order valence-corrected chi connectivity index (χ4v) is 5.36. The number of carbonyl (C=O) groups excluding carboxylic acids is 2. The van der Waals surface area contributed by atoms with E-state index < -0.39 is 5.97 Å². The number of hydrogen-bond acceptors (Lipinski definition) is 6. The number of esters is 1. The predicted octanol–water partition coefficient (Wildman–Crippen LogP) is 8.15. The molecular weight excluding hydrogens is 508 g/mol. The van der Waals surface area contributed by atoms with Gasteiger partial charge in [0.1, 0.15) is 4.88 Å². The first-order chi connectivity index (χ1) is 18.0. The largest absolute Gasteiger partial charge is 0.493 e. The minimum Gasteiger partial charge on any atom is -0.493 e. The fraction of sp³-hybridized carbons (Fsp3) is 0.414. The minimum absolute atomic E-state index is 0.100. The van der Waals surface area contributed by atoms with E-state index in [-0.39, 0.29) is 11.7 Å². The zero-order valence-corrected chi connectivity index (χ0v) is 23.1. The van der Waals surface area contributed by atoms with Gasteiger partial charge in [0.25, 0.3) is 0 Å². The van der Waals surface area contributed by atoms with E-state index in [9.17, 15) is 9.59 Å². The summed E-state index contributed by atoms with van der Waals surface area (Å²) in [5.74, 6) is -0.00489. The Morgan fingerprint density at radius 3 is 2.38 bits per heavy atom. The lowest BCUT2D eigenvalue weighted by atomic mass is 10.1. The van der Waals surface area contributed by atoms with Crippen LogP contribution in [0.5, 0.6) is 11.5 Å². The summed E-state index contributed by atoms with van der Waals surface area (Å²) < 4.78 is 11.9. The molecule has 3 rings (SSSR count). The molecule has 0 fully saturated rings. The molecule has 2 aromatic carbocycles. The Bertz CT molecular complexity index is 1210. The van der Waals surface area contributed by atoms with Gasteiger partial charge in [-0.15, -0.1) is 11.3 Å². The maximum Gasteiger partial charge on any atom is 0.355 e. The lowest BCUT2D eigenvalue weighted by Gasteiger charge is -2.09. The third kappa shape index (κ3) is 8.86. The number of methoxy groups -OCH3 is 1. The van der Waals surface area contributed by atoms with Crippen LogP contribution in [0.2, 0.25) is 5.02 Å². The van der Waals surface area contributed by atoms with Gasteiger partial charge in [-0.3, -0.25) is 4.79 Å². The van der Waals surface area contributed by atoms with Gasteiger partial charge in [0.15, 0.2) is 11.5 Å². The first-order valence-corrected chi connectivity index (χ1v) is 14.1. The summed E-state index contributed by atoms with van der Waals surface area (Å²) in [6.07, 6.45) is 12.9. The molecular formula is C29H35ClN2O4S. The molecule has 0 radical (unpaired) electrons. The molecule has 1 heterocycles. The predicted molar refractivity (Wildman–Crippen MR) is 152 cm³/mol. The summed E-state index contributed by atoms with van der Waals surface area (Å²) in [4.78, 5) is 25.2. The van der Waals surface area contributed by atoms with E-state index in [2.05, 4.69) is 17.5 Å². The maximum absolute atomic E-state index is 12.8. The number of thiophene rings is 1. The number of fused-ring (bicyclic) bond motifs is 1. The lowest BCUT2D eigenvalue weighted by molar-refractivity contribution is -0.121. The van der Waals surface area contributed by atoms with Crippen LogP contribution in [0, 0.1) is 0 Å². The smallest absolute Gasteiger partial charge is 0.355 e. The number of unbranched alkanes of at least 4 members (excludes halogenated alkanes) is 8. The number of benzene rings is 2. The van der Waals surface area contributed by atoms with Crippen molar-refractivity contribution < 1.29 is 19.1 Å². The van der Waals surface area contributed by atoms with Crippen LogP contribution < -0.4 is 14.9 Å². The summed E-state index contributed by atoms with van der Waals surface area (Å²) in [7, 11) is 1.49. The Morgan fingerprint density at radius 1 is 0.973 bits per heavy atom. The Balaban J connectivity index is 1.45. The van der Waals surface area contributed by atoms with Crippen LogP contribution in [-0.2, 0) is 4.79 Å². The molecule has 1 N–H and O–H groups in total. The molecule has 0 unspecified atom stereocenters. The highest BCUT2D eigenvalue weighted by molar-refractivity contribution is 7.21. The number of hydrazone groups is 1. The van der Waals surface area contributed by atoms with E-state index in [1.807, 2.05) is 24.3 Å². The molecule has 0 spiro atoms. The van der Waals surface area contributed by atoms with Crippen molar-refractivity contribution in [3.63, 3.8) is 0 Å². The van der Waals surface area contributed by atoms with Gasteiger partial charge in [-0.05, 0) is 36.2 Å². The summed E-state index contributed by atoms with van der Waals surface area (Å²) in [5, 5.41) is 5.24. The van der Waals surface area contributed by atoms with E-state index in [0.29, 0.717) is 27.6 Å². The highest BCUT2D eigenvalue weighted by atomic mass is 35.5. The van der Waals surface area contributed by atoms with Crippen molar-refractivity contribution in [1.29, 1.82) is 0 Å². The van der Waals surface area contributed by atoms with Crippen LogP contribution in [-0.4, -0.2) is 25.2 Å². The first-order valence-electron chi connectivity index (χ1n) is 12.9. The van der Waals surface area contributed by atoms with Crippen LogP contribution in [0.3, 0.4) is 0 Å². The summed E-state index contributed by atoms with van der Waals surface area (Å²) in [6, 6.07) is 12.6. The minimum atomic E-state index is -0.547. The van der Waals surface area contributed by atoms with Crippen molar-refractivity contribution in [3.8, 4) is 11.5 Å². The lowest BCUT2D eigenvalue weighted by Crippen LogP contribution is -2.16. The number of amides is 1. The van der Waals surface area contributed by atoms with Crippen LogP contribution in [0.1, 0.15) is 86.4 Å². The molecule has 0 bridgehead atoms. The highest BCUT2D eigenvalue weighted by Crippen LogP contribution is 2.37. The Labute approximate surface area is 228 Å². The molecule has 3 aromatic rings. The third-order valence-corrected chi connectivity index (χ3v) is 7.68. The molecule has 198 valence electrons. The molecule has 1 aromatic heterocycles. The van der Waals surface area contributed by atoms with Crippen LogP contribution in [0.4, 0.5) is 0 Å². The quantitative estimate of drug-likeness (QED) is 0.0690.